The Morgan fingerprint density at radius 1 is 1.08 bits per heavy atom. The molecule has 2 aromatic carbocycles. The Morgan fingerprint density at radius 3 is 2.42 bits per heavy atom. The first-order valence-corrected chi connectivity index (χ1v) is 9.47. The number of aliphatic imine (C=N–C) groups is 1. The Kier molecular flexibility index (Phi) is 5.93. The summed E-state index contributed by atoms with van der Waals surface area (Å²) in [5, 5.41) is 9.28. The molecule has 0 aromatic heterocycles. The molecule has 3 N–H and O–H groups in total. The number of halogens is 1. The summed E-state index contributed by atoms with van der Waals surface area (Å²) >= 11 is 3.65. The molecule has 3 rings (SSSR count). The summed E-state index contributed by atoms with van der Waals surface area (Å²) in [4.78, 5) is 16.3. The maximum Gasteiger partial charge on any atom is 0.243 e. The number of nitrogens with zero attached hydrogens (tertiary/aromatic N) is 1. The summed E-state index contributed by atoms with van der Waals surface area (Å²) in [5.74, 6) is 0.526. The van der Waals surface area contributed by atoms with Crippen LogP contribution in [0.25, 0.3) is 0 Å². The highest BCUT2D eigenvalue weighted by Gasteiger charge is 2.45. The molecule has 1 fully saturated rings. The van der Waals surface area contributed by atoms with Crippen LogP contribution in [0.5, 0.6) is 0 Å². The molecule has 0 radical (unpaired) electrons. The molecule has 0 spiro atoms. The van der Waals surface area contributed by atoms with Crippen molar-refractivity contribution in [2.75, 3.05) is 25.5 Å². The van der Waals surface area contributed by atoms with Crippen molar-refractivity contribution in [1.82, 2.24) is 10.6 Å². The summed E-state index contributed by atoms with van der Waals surface area (Å²) < 4.78 is 1.14. The first-order chi connectivity index (χ1) is 12.6. The number of anilines is 1. The maximum absolute atomic E-state index is 12.0. The third-order valence-electron chi connectivity index (χ3n) is 4.59. The van der Waals surface area contributed by atoms with Crippen molar-refractivity contribution in [3.05, 3.63) is 64.6 Å². The van der Waals surface area contributed by atoms with E-state index in [-0.39, 0.29) is 17.9 Å². The molecule has 136 valence electrons. The lowest BCUT2D eigenvalue weighted by atomic mass is 9.96. The topological polar surface area (TPSA) is 65.5 Å². The number of para-hydroxylation sites is 1. The monoisotopic (exact) mass is 414 g/mol. The molecule has 0 unspecified atom stereocenters. The van der Waals surface area contributed by atoms with E-state index in [9.17, 15) is 4.79 Å². The van der Waals surface area contributed by atoms with Crippen LogP contribution >= 0.6 is 15.9 Å². The number of rotatable bonds is 6. The van der Waals surface area contributed by atoms with Crippen LogP contribution in [0, 0.1) is 0 Å². The Balaban J connectivity index is 1.50. The van der Waals surface area contributed by atoms with Crippen molar-refractivity contribution in [3.63, 3.8) is 0 Å². The second-order valence-corrected chi connectivity index (χ2v) is 7.31. The van der Waals surface area contributed by atoms with Crippen LogP contribution in [0.2, 0.25) is 0 Å². The second-order valence-electron chi connectivity index (χ2n) is 6.45. The van der Waals surface area contributed by atoms with Gasteiger partial charge in [0.25, 0.3) is 0 Å². The van der Waals surface area contributed by atoms with Gasteiger partial charge in [0.05, 0.1) is 6.54 Å². The van der Waals surface area contributed by atoms with Crippen molar-refractivity contribution >= 4 is 33.5 Å². The van der Waals surface area contributed by atoms with Crippen molar-refractivity contribution in [2.45, 2.75) is 18.3 Å². The van der Waals surface area contributed by atoms with E-state index in [1.165, 1.54) is 5.56 Å². The lowest BCUT2D eigenvalue weighted by Gasteiger charge is -2.20. The fourth-order valence-corrected chi connectivity index (χ4v) is 3.65. The summed E-state index contributed by atoms with van der Waals surface area (Å²) in [6, 6.07) is 17.8. The molecule has 6 heteroatoms. The summed E-state index contributed by atoms with van der Waals surface area (Å²) in [6.45, 7) is 0.951. The third kappa shape index (κ3) is 4.64. The molecule has 1 saturated carbocycles. The average molecular weight is 415 g/mol. The maximum atomic E-state index is 12.0. The van der Waals surface area contributed by atoms with Gasteiger partial charge in [-0.05, 0) is 36.6 Å². The average Bonchev–Trinajstić information content (AvgIpc) is 3.44. The van der Waals surface area contributed by atoms with E-state index < -0.39 is 0 Å². The lowest BCUT2D eigenvalue weighted by molar-refractivity contribution is -0.115. The van der Waals surface area contributed by atoms with Crippen LogP contribution in [0.15, 0.2) is 64.1 Å². The largest absolute Gasteiger partial charge is 0.356 e. The first kappa shape index (κ1) is 18.5. The Hall–Kier alpha value is -2.34. The van der Waals surface area contributed by atoms with Crippen molar-refractivity contribution in [1.29, 1.82) is 0 Å². The number of nitrogens with one attached hydrogen (secondary N) is 3. The van der Waals surface area contributed by atoms with E-state index in [0.717, 1.165) is 29.5 Å². The Bertz CT molecular complexity index is 787. The number of carbonyl (C=O) groups is 1. The fourth-order valence-electron chi connectivity index (χ4n) is 2.95. The highest BCUT2D eigenvalue weighted by molar-refractivity contribution is 9.10. The molecule has 2 aromatic rings. The minimum Gasteiger partial charge on any atom is -0.356 e. The molecule has 0 bridgehead atoms. The predicted octanol–water partition coefficient (Wildman–Crippen LogP) is 3.28. The van der Waals surface area contributed by atoms with Crippen LogP contribution in [-0.2, 0) is 10.2 Å². The molecule has 0 heterocycles. The summed E-state index contributed by atoms with van der Waals surface area (Å²) in [5.41, 5.74) is 2.25. The smallest absolute Gasteiger partial charge is 0.243 e. The fraction of sp³-hybridized carbons (Fsp3) is 0.300. The highest BCUT2D eigenvalue weighted by Crippen LogP contribution is 2.49. The number of hydrogen-bond acceptors (Lipinski definition) is 2. The van der Waals surface area contributed by atoms with E-state index >= 15 is 0 Å². The molecule has 1 aliphatic carbocycles. The summed E-state index contributed by atoms with van der Waals surface area (Å²) in [6.07, 6.45) is 2.29. The van der Waals surface area contributed by atoms with E-state index in [0.29, 0.717) is 5.96 Å². The number of benzene rings is 2. The van der Waals surface area contributed by atoms with Crippen molar-refractivity contribution in [2.24, 2.45) is 4.99 Å². The van der Waals surface area contributed by atoms with E-state index in [1.54, 1.807) is 7.05 Å². The molecule has 1 aliphatic rings. The van der Waals surface area contributed by atoms with Gasteiger partial charge in [0, 0.05) is 29.2 Å². The predicted molar refractivity (Wildman–Crippen MR) is 109 cm³/mol. The molecule has 0 saturated heterocycles. The van der Waals surface area contributed by atoms with Crippen LogP contribution in [-0.4, -0.2) is 32.0 Å². The van der Waals surface area contributed by atoms with Gasteiger partial charge >= 0.3 is 0 Å². The molecule has 26 heavy (non-hydrogen) atoms. The van der Waals surface area contributed by atoms with Gasteiger partial charge in [-0.2, -0.15) is 0 Å². The van der Waals surface area contributed by atoms with Gasteiger partial charge in [0.15, 0.2) is 5.96 Å². The summed E-state index contributed by atoms with van der Waals surface area (Å²) in [7, 11) is 1.71. The zero-order valence-electron chi connectivity index (χ0n) is 14.8. The first-order valence-electron chi connectivity index (χ1n) is 8.67. The minimum atomic E-state index is -0.105. The van der Waals surface area contributed by atoms with Gasteiger partial charge in [-0.3, -0.25) is 9.79 Å². The van der Waals surface area contributed by atoms with Crippen molar-refractivity contribution in [3.8, 4) is 0 Å². The van der Waals surface area contributed by atoms with Crippen LogP contribution in [0.4, 0.5) is 5.69 Å². The van der Waals surface area contributed by atoms with Crippen molar-refractivity contribution < 1.29 is 4.79 Å². The number of amides is 1. The molecular weight excluding hydrogens is 392 g/mol. The molecule has 0 atom stereocenters. The highest BCUT2D eigenvalue weighted by atomic mass is 79.9. The number of guanidine groups is 1. The Morgan fingerprint density at radius 2 is 1.77 bits per heavy atom. The minimum absolute atomic E-state index is 0.105. The SMILES string of the molecule is CN=C(NCC(=O)Nc1ccccc1)NCC1(c2ccccc2Br)CC1. The van der Waals surface area contributed by atoms with Crippen LogP contribution in [0.3, 0.4) is 0 Å². The lowest BCUT2D eigenvalue weighted by Crippen LogP contribution is -2.44. The third-order valence-corrected chi connectivity index (χ3v) is 5.28. The zero-order chi connectivity index (χ0) is 18.4. The van der Waals surface area contributed by atoms with Gasteiger partial charge in [-0.15, -0.1) is 0 Å². The van der Waals surface area contributed by atoms with Gasteiger partial charge < -0.3 is 16.0 Å². The molecule has 1 amide bonds. The normalized spacial score (nSPS) is 15.2. The standard InChI is InChI=1S/C20H23BrN4O/c1-22-19(23-13-18(26)25-15-7-3-2-4-8-15)24-14-20(11-12-20)16-9-5-6-10-17(16)21/h2-10H,11-14H2,1H3,(H,25,26)(H2,22,23,24). The molecule has 0 aliphatic heterocycles. The van der Waals surface area contributed by atoms with Gasteiger partial charge in [0.2, 0.25) is 5.91 Å². The van der Waals surface area contributed by atoms with Crippen LogP contribution < -0.4 is 16.0 Å². The molecular formula is C20H23BrN4O. The van der Waals surface area contributed by atoms with Gasteiger partial charge in [0.1, 0.15) is 0 Å². The van der Waals surface area contributed by atoms with E-state index in [1.807, 2.05) is 36.4 Å². The van der Waals surface area contributed by atoms with E-state index in [4.69, 9.17) is 0 Å². The van der Waals surface area contributed by atoms with Gasteiger partial charge in [-0.25, -0.2) is 0 Å². The second kappa shape index (κ2) is 8.36. The van der Waals surface area contributed by atoms with E-state index in [2.05, 4.69) is 55.1 Å². The van der Waals surface area contributed by atoms with Gasteiger partial charge in [-0.1, -0.05) is 52.3 Å². The van der Waals surface area contributed by atoms with Crippen LogP contribution in [0.1, 0.15) is 18.4 Å². The zero-order valence-corrected chi connectivity index (χ0v) is 16.3. The Labute approximate surface area is 162 Å². The number of carbonyl (C=O) groups excluding carboxylic acids is 1. The quantitative estimate of drug-likeness (QED) is 0.501. The number of hydrogen-bond donors (Lipinski definition) is 3. The molecule has 5 nitrogen and oxygen atoms in total.